The van der Waals surface area contributed by atoms with Crippen molar-refractivity contribution in [3.05, 3.63) is 106 Å². The first kappa shape index (κ1) is 21.9. The molecular formula is C25H24ClF2NO2. The van der Waals surface area contributed by atoms with Gasteiger partial charge < -0.3 is 14.8 Å². The van der Waals surface area contributed by atoms with Crippen LogP contribution in [0.15, 0.2) is 72.8 Å². The Bertz CT molecular complexity index is 1000. The number of hydrogen-bond acceptors (Lipinski definition) is 3. The molecule has 1 saturated heterocycles. The Morgan fingerprint density at radius 2 is 1.71 bits per heavy atom. The first-order valence-corrected chi connectivity index (χ1v) is 10.7. The van der Waals surface area contributed by atoms with Crippen LogP contribution in [0.25, 0.3) is 0 Å². The minimum absolute atomic E-state index is 0.0556. The highest BCUT2D eigenvalue weighted by Gasteiger charge is 2.44. The van der Waals surface area contributed by atoms with Gasteiger partial charge in [-0.25, -0.2) is 8.78 Å². The first-order valence-electron chi connectivity index (χ1n) is 10.3. The molecule has 1 N–H and O–H groups in total. The average Bonchev–Trinajstić information content (AvgIpc) is 2.80. The van der Waals surface area contributed by atoms with E-state index in [0.29, 0.717) is 24.6 Å². The number of hydrogen-bond donors (Lipinski definition) is 1. The fourth-order valence-corrected chi connectivity index (χ4v) is 4.10. The summed E-state index contributed by atoms with van der Waals surface area (Å²) < 4.78 is 40.5. The predicted molar refractivity (Wildman–Crippen MR) is 117 cm³/mol. The Kier molecular flexibility index (Phi) is 6.98. The molecule has 162 valence electrons. The van der Waals surface area contributed by atoms with Crippen LogP contribution in [0, 0.1) is 11.6 Å². The molecule has 1 aliphatic rings. The zero-order valence-electron chi connectivity index (χ0n) is 17.0. The van der Waals surface area contributed by atoms with Crippen LogP contribution in [0.4, 0.5) is 8.78 Å². The quantitative estimate of drug-likeness (QED) is 0.515. The summed E-state index contributed by atoms with van der Waals surface area (Å²) in [5.74, 6) is -1.76. The molecule has 0 aromatic heterocycles. The summed E-state index contributed by atoms with van der Waals surface area (Å²) in [5.41, 5.74) is 1.41. The summed E-state index contributed by atoms with van der Waals surface area (Å²) in [7, 11) is 0. The number of halogens is 3. The molecule has 3 aromatic carbocycles. The maximum Gasteiger partial charge on any atom is 0.164 e. The van der Waals surface area contributed by atoms with Gasteiger partial charge in [-0.2, -0.15) is 0 Å². The van der Waals surface area contributed by atoms with Gasteiger partial charge in [0, 0.05) is 17.1 Å². The van der Waals surface area contributed by atoms with Crippen molar-refractivity contribution in [3.8, 4) is 0 Å². The van der Waals surface area contributed by atoms with E-state index in [1.54, 1.807) is 0 Å². The highest BCUT2D eigenvalue weighted by molar-refractivity contribution is 6.30. The van der Waals surface area contributed by atoms with E-state index in [2.05, 4.69) is 5.32 Å². The van der Waals surface area contributed by atoms with Crippen LogP contribution >= 0.6 is 11.6 Å². The standard InChI is InChI=1S/C25H24ClF2NO2/c26-21-11-9-20(10-12-21)25(31-16-18-5-2-1-3-6-18)13-14-29-15-23(25)30-17-19-7-4-8-22(27)24(19)28/h1-12,23,29H,13-17H2. The topological polar surface area (TPSA) is 30.5 Å². The van der Waals surface area contributed by atoms with E-state index >= 15 is 0 Å². The summed E-state index contributed by atoms with van der Waals surface area (Å²) in [4.78, 5) is 0. The molecule has 3 aromatic rings. The minimum atomic E-state index is -0.882. The molecule has 1 heterocycles. The molecular weight excluding hydrogens is 420 g/mol. The van der Waals surface area contributed by atoms with Crippen LogP contribution in [-0.2, 0) is 28.3 Å². The van der Waals surface area contributed by atoms with Gasteiger partial charge in [0.2, 0.25) is 0 Å². The molecule has 31 heavy (non-hydrogen) atoms. The lowest BCUT2D eigenvalue weighted by molar-refractivity contribution is -0.176. The SMILES string of the molecule is Fc1cccc(COC2CNCCC2(OCc2ccccc2)c2ccc(Cl)cc2)c1F. The largest absolute Gasteiger partial charge is 0.369 e. The minimum Gasteiger partial charge on any atom is -0.369 e. The van der Waals surface area contributed by atoms with Crippen LogP contribution in [0.1, 0.15) is 23.1 Å². The van der Waals surface area contributed by atoms with Crippen molar-refractivity contribution >= 4 is 11.6 Å². The number of benzene rings is 3. The van der Waals surface area contributed by atoms with E-state index < -0.39 is 23.3 Å². The first-order chi connectivity index (χ1) is 15.1. The molecule has 0 amide bonds. The van der Waals surface area contributed by atoms with Gasteiger partial charge in [-0.3, -0.25) is 0 Å². The van der Waals surface area contributed by atoms with E-state index in [1.807, 2.05) is 54.6 Å². The summed E-state index contributed by atoms with van der Waals surface area (Å²) >= 11 is 6.12. The van der Waals surface area contributed by atoms with Crippen molar-refractivity contribution in [2.24, 2.45) is 0 Å². The fourth-order valence-electron chi connectivity index (χ4n) is 3.97. The number of nitrogens with one attached hydrogen (secondary N) is 1. The van der Waals surface area contributed by atoms with Gasteiger partial charge in [-0.15, -0.1) is 0 Å². The van der Waals surface area contributed by atoms with E-state index in [-0.39, 0.29) is 12.2 Å². The Morgan fingerprint density at radius 3 is 2.48 bits per heavy atom. The summed E-state index contributed by atoms with van der Waals surface area (Å²) in [6, 6.07) is 21.6. The molecule has 1 aliphatic heterocycles. The molecule has 2 atom stereocenters. The van der Waals surface area contributed by atoms with Crippen molar-refractivity contribution in [2.75, 3.05) is 13.1 Å². The normalized spacial score (nSPS) is 21.2. The van der Waals surface area contributed by atoms with E-state index in [9.17, 15) is 8.78 Å². The monoisotopic (exact) mass is 443 g/mol. The van der Waals surface area contributed by atoms with Gasteiger partial charge in [0.15, 0.2) is 11.6 Å². The smallest absolute Gasteiger partial charge is 0.164 e. The lowest BCUT2D eigenvalue weighted by atomic mass is 9.82. The molecule has 3 nitrogen and oxygen atoms in total. The molecule has 0 aliphatic carbocycles. The van der Waals surface area contributed by atoms with Gasteiger partial charge in [-0.1, -0.05) is 66.2 Å². The molecule has 0 bridgehead atoms. The van der Waals surface area contributed by atoms with Gasteiger partial charge in [0.25, 0.3) is 0 Å². The lowest BCUT2D eigenvalue weighted by Crippen LogP contribution is -2.54. The van der Waals surface area contributed by atoms with Gasteiger partial charge in [-0.05, 0) is 42.3 Å². The predicted octanol–water partition coefficient (Wildman–Crippen LogP) is 5.61. The summed E-state index contributed by atoms with van der Waals surface area (Å²) in [6.07, 6.45) is 0.256. The lowest BCUT2D eigenvalue weighted by Gasteiger charge is -2.44. The maximum absolute atomic E-state index is 14.2. The van der Waals surface area contributed by atoms with Crippen LogP contribution in [-0.4, -0.2) is 19.2 Å². The highest BCUT2D eigenvalue weighted by Crippen LogP contribution is 2.38. The average molecular weight is 444 g/mol. The van der Waals surface area contributed by atoms with Gasteiger partial charge in [0.05, 0.1) is 13.2 Å². The highest BCUT2D eigenvalue weighted by atomic mass is 35.5. The molecule has 0 saturated carbocycles. The van der Waals surface area contributed by atoms with Crippen molar-refractivity contribution in [1.82, 2.24) is 5.32 Å². The van der Waals surface area contributed by atoms with Gasteiger partial charge >= 0.3 is 0 Å². The molecule has 2 unspecified atom stereocenters. The third-order valence-corrected chi connectivity index (χ3v) is 5.92. The zero-order chi connectivity index (χ0) is 21.7. The second-order valence-corrected chi connectivity index (χ2v) is 8.07. The Balaban J connectivity index is 1.62. The van der Waals surface area contributed by atoms with E-state index in [4.69, 9.17) is 21.1 Å². The van der Waals surface area contributed by atoms with E-state index in [1.165, 1.54) is 12.1 Å². The third kappa shape index (κ3) is 4.96. The number of rotatable bonds is 7. The van der Waals surface area contributed by atoms with Gasteiger partial charge in [0.1, 0.15) is 11.7 Å². The number of ether oxygens (including phenoxy) is 2. The van der Waals surface area contributed by atoms with Crippen LogP contribution < -0.4 is 5.32 Å². The Morgan fingerprint density at radius 1 is 0.935 bits per heavy atom. The van der Waals surface area contributed by atoms with Crippen molar-refractivity contribution < 1.29 is 18.3 Å². The summed E-state index contributed by atoms with van der Waals surface area (Å²) in [6.45, 7) is 1.61. The van der Waals surface area contributed by atoms with Crippen LogP contribution in [0.5, 0.6) is 0 Å². The molecule has 4 rings (SSSR count). The molecule has 1 fully saturated rings. The summed E-state index contributed by atoms with van der Waals surface area (Å²) in [5, 5.41) is 3.97. The van der Waals surface area contributed by atoms with E-state index in [0.717, 1.165) is 23.7 Å². The Labute approximate surface area is 186 Å². The molecule has 6 heteroatoms. The number of piperidine rings is 1. The van der Waals surface area contributed by atoms with Crippen LogP contribution in [0.3, 0.4) is 0 Å². The second kappa shape index (κ2) is 9.88. The third-order valence-electron chi connectivity index (χ3n) is 5.67. The van der Waals surface area contributed by atoms with Crippen molar-refractivity contribution in [1.29, 1.82) is 0 Å². The van der Waals surface area contributed by atoms with Crippen molar-refractivity contribution in [3.63, 3.8) is 0 Å². The molecule has 0 spiro atoms. The zero-order valence-corrected chi connectivity index (χ0v) is 17.7. The Hall–Kier alpha value is -2.31. The maximum atomic E-state index is 14.2. The molecule has 0 radical (unpaired) electrons. The second-order valence-electron chi connectivity index (χ2n) is 7.64. The van der Waals surface area contributed by atoms with Crippen LogP contribution in [0.2, 0.25) is 5.02 Å². The van der Waals surface area contributed by atoms with Crippen molar-refractivity contribution in [2.45, 2.75) is 31.3 Å². The fraction of sp³-hybridized carbons (Fsp3) is 0.280.